The SMILES string of the molecule is CCNC(=NCCNS(=O)(=O)CC)N1CCSC2(CCCCC2)C1. The molecule has 2 aliphatic rings. The van der Waals surface area contributed by atoms with Gasteiger partial charge in [0.2, 0.25) is 10.0 Å². The number of guanidine groups is 1. The van der Waals surface area contributed by atoms with Gasteiger partial charge in [0.1, 0.15) is 0 Å². The van der Waals surface area contributed by atoms with Gasteiger partial charge in [-0.05, 0) is 26.7 Å². The van der Waals surface area contributed by atoms with Crippen molar-refractivity contribution < 1.29 is 8.42 Å². The van der Waals surface area contributed by atoms with Gasteiger partial charge in [-0.25, -0.2) is 13.1 Å². The molecule has 8 heteroatoms. The summed E-state index contributed by atoms with van der Waals surface area (Å²) < 4.78 is 26.0. The Hall–Kier alpha value is -0.470. The number of sulfonamides is 1. The molecule has 2 fully saturated rings. The Labute approximate surface area is 151 Å². The molecule has 1 saturated heterocycles. The minimum atomic E-state index is -3.13. The molecule has 1 spiro atoms. The van der Waals surface area contributed by atoms with Gasteiger partial charge in [-0.2, -0.15) is 11.8 Å². The van der Waals surface area contributed by atoms with E-state index < -0.39 is 10.0 Å². The molecule has 0 unspecified atom stereocenters. The zero-order chi connectivity index (χ0) is 17.5. The average Bonchev–Trinajstić information content (AvgIpc) is 2.58. The lowest BCUT2D eigenvalue weighted by atomic mass is 9.87. The second-order valence-electron chi connectivity index (χ2n) is 6.55. The third-order valence-electron chi connectivity index (χ3n) is 4.72. The molecule has 0 aromatic heterocycles. The quantitative estimate of drug-likeness (QED) is 0.419. The Morgan fingerprint density at radius 2 is 2.00 bits per heavy atom. The van der Waals surface area contributed by atoms with E-state index in [1.165, 1.54) is 32.1 Å². The minimum Gasteiger partial charge on any atom is -0.357 e. The highest BCUT2D eigenvalue weighted by atomic mass is 32.2. The van der Waals surface area contributed by atoms with Crippen LogP contribution in [0.15, 0.2) is 4.99 Å². The zero-order valence-corrected chi connectivity index (χ0v) is 16.6. The van der Waals surface area contributed by atoms with Gasteiger partial charge in [0.15, 0.2) is 5.96 Å². The summed E-state index contributed by atoms with van der Waals surface area (Å²) in [5.74, 6) is 2.19. The second-order valence-corrected chi connectivity index (χ2v) is 10.2. The summed E-state index contributed by atoms with van der Waals surface area (Å²) in [6, 6.07) is 0. The molecule has 140 valence electrons. The Balaban J connectivity index is 1.94. The van der Waals surface area contributed by atoms with E-state index in [-0.39, 0.29) is 5.75 Å². The van der Waals surface area contributed by atoms with Crippen molar-refractivity contribution in [3.05, 3.63) is 0 Å². The minimum absolute atomic E-state index is 0.114. The van der Waals surface area contributed by atoms with E-state index in [4.69, 9.17) is 0 Å². The maximum Gasteiger partial charge on any atom is 0.211 e. The van der Waals surface area contributed by atoms with Crippen molar-refractivity contribution in [3.8, 4) is 0 Å². The number of aliphatic imine (C=N–C) groups is 1. The highest BCUT2D eigenvalue weighted by molar-refractivity contribution is 8.00. The summed E-state index contributed by atoms with van der Waals surface area (Å²) in [6.07, 6.45) is 6.67. The van der Waals surface area contributed by atoms with E-state index in [2.05, 4.69) is 38.6 Å². The third kappa shape index (κ3) is 5.81. The molecule has 1 heterocycles. The first-order valence-corrected chi connectivity index (χ1v) is 11.8. The normalized spacial score (nSPS) is 21.9. The third-order valence-corrected chi connectivity index (χ3v) is 7.66. The highest BCUT2D eigenvalue weighted by Gasteiger charge is 2.38. The Kier molecular flexibility index (Phi) is 7.68. The van der Waals surface area contributed by atoms with Crippen molar-refractivity contribution in [2.75, 3.05) is 44.2 Å². The van der Waals surface area contributed by atoms with Crippen LogP contribution in [-0.2, 0) is 10.0 Å². The van der Waals surface area contributed by atoms with Gasteiger partial charge in [-0.1, -0.05) is 19.3 Å². The lowest BCUT2D eigenvalue weighted by Crippen LogP contribution is -2.53. The van der Waals surface area contributed by atoms with Gasteiger partial charge in [-0.15, -0.1) is 0 Å². The average molecular weight is 377 g/mol. The van der Waals surface area contributed by atoms with Crippen LogP contribution < -0.4 is 10.0 Å². The summed E-state index contributed by atoms with van der Waals surface area (Å²) in [4.78, 5) is 7.02. The molecule has 1 aliphatic carbocycles. The molecule has 6 nitrogen and oxygen atoms in total. The Morgan fingerprint density at radius 3 is 2.67 bits per heavy atom. The predicted molar refractivity (Wildman–Crippen MR) is 103 cm³/mol. The lowest BCUT2D eigenvalue weighted by Gasteiger charge is -2.45. The maximum atomic E-state index is 11.5. The molecule has 1 aliphatic heterocycles. The molecule has 0 bridgehead atoms. The number of rotatable bonds is 6. The standard InChI is InChI=1S/C16H32N4O2S2/c1-3-17-15(18-10-11-19-24(21,22)4-2)20-12-13-23-16(14-20)8-6-5-7-9-16/h19H,3-14H2,1-2H3,(H,17,18). The molecule has 24 heavy (non-hydrogen) atoms. The number of nitrogens with zero attached hydrogens (tertiary/aromatic N) is 2. The van der Waals surface area contributed by atoms with Crippen LogP contribution >= 0.6 is 11.8 Å². The van der Waals surface area contributed by atoms with Crippen molar-refractivity contribution in [1.29, 1.82) is 0 Å². The molecule has 0 aromatic carbocycles. The van der Waals surface area contributed by atoms with E-state index in [9.17, 15) is 8.42 Å². The fraction of sp³-hybridized carbons (Fsp3) is 0.938. The lowest BCUT2D eigenvalue weighted by molar-refractivity contribution is 0.293. The largest absolute Gasteiger partial charge is 0.357 e. The zero-order valence-electron chi connectivity index (χ0n) is 15.0. The van der Waals surface area contributed by atoms with Crippen molar-refractivity contribution in [2.24, 2.45) is 4.99 Å². The fourth-order valence-corrected chi connectivity index (χ4v) is 5.59. The summed E-state index contributed by atoms with van der Waals surface area (Å²) in [6.45, 7) is 7.45. The van der Waals surface area contributed by atoms with Gasteiger partial charge in [0.25, 0.3) is 0 Å². The number of hydrogen-bond acceptors (Lipinski definition) is 4. The van der Waals surface area contributed by atoms with Gasteiger partial charge >= 0.3 is 0 Å². The molecule has 0 amide bonds. The van der Waals surface area contributed by atoms with Gasteiger partial charge < -0.3 is 10.2 Å². The van der Waals surface area contributed by atoms with Crippen LogP contribution in [0.4, 0.5) is 0 Å². The van der Waals surface area contributed by atoms with Crippen molar-refractivity contribution >= 4 is 27.7 Å². The second kappa shape index (κ2) is 9.29. The Morgan fingerprint density at radius 1 is 1.25 bits per heavy atom. The van der Waals surface area contributed by atoms with E-state index in [0.717, 1.165) is 31.3 Å². The summed E-state index contributed by atoms with van der Waals surface area (Å²) in [7, 11) is -3.13. The van der Waals surface area contributed by atoms with Crippen LogP contribution in [0.25, 0.3) is 0 Å². The first kappa shape index (κ1) is 19.8. The molecule has 2 N–H and O–H groups in total. The first-order chi connectivity index (χ1) is 11.5. The van der Waals surface area contributed by atoms with Crippen molar-refractivity contribution in [3.63, 3.8) is 0 Å². The van der Waals surface area contributed by atoms with Crippen LogP contribution in [0.2, 0.25) is 0 Å². The summed E-state index contributed by atoms with van der Waals surface area (Å²) in [5.41, 5.74) is 0. The van der Waals surface area contributed by atoms with E-state index in [0.29, 0.717) is 17.8 Å². The first-order valence-electron chi connectivity index (χ1n) is 9.15. The van der Waals surface area contributed by atoms with Crippen LogP contribution in [0.1, 0.15) is 46.0 Å². The summed E-state index contributed by atoms with van der Waals surface area (Å²) in [5, 5.41) is 3.38. The van der Waals surface area contributed by atoms with E-state index in [1.54, 1.807) is 6.92 Å². The van der Waals surface area contributed by atoms with Crippen LogP contribution in [0, 0.1) is 0 Å². The Bertz CT molecular complexity index is 511. The van der Waals surface area contributed by atoms with Crippen LogP contribution in [0.5, 0.6) is 0 Å². The highest BCUT2D eigenvalue weighted by Crippen LogP contribution is 2.42. The topological polar surface area (TPSA) is 73.8 Å². The van der Waals surface area contributed by atoms with E-state index in [1.807, 2.05) is 0 Å². The molecule has 0 radical (unpaired) electrons. The molecule has 0 atom stereocenters. The number of thioether (sulfide) groups is 1. The van der Waals surface area contributed by atoms with Gasteiger partial charge in [0, 0.05) is 36.7 Å². The summed E-state index contributed by atoms with van der Waals surface area (Å²) >= 11 is 2.14. The van der Waals surface area contributed by atoms with Crippen molar-refractivity contribution in [1.82, 2.24) is 14.9 Å². The molecular formula is C16H32N4O2S2. The van der Waals surface area contributed by atoms with E-state index >= 15 is 0 Å². The van der Waals surface area contributed by atoms with Gasteiger partial charge in [-0.3, -0.25) is 4.99 Å². The van der Waals surface area contributed by atoms with Crippen LogP contribution in [-0.4, -0.2) is 68.3 Å². The monoisotopic (exact) mass is 376 g/mol. The number of nitrogens with one attached hydrogen (secondary N) is 2. The molecular weight excluding hydrogens is 344 g/mol. The van der Waals surface area contributed by atoms with Crippen molar-refractivity contribution in [2.45, 2.75) is 50.7 Å². The smallest absolute Gasteiger partial charge is 0.211 e. The van der Waals surface area contributed by atoms with Crippen LogP contribution in [0.3, 0.4) is 0 Å². The fourth-order valence-electron chi connectivity index (χ4n) is 3.42. The predicted octanol–water partition coefficient (Wildman–Crippen LogP) is 1.64. The molecule has 0 aromatic rings. The molecule has 2 rings (SSSR count). The maximum absolute atomic E-state index is 11.5. The van der Waals surface area contributed by atoms with Gasteiger partial charge in [0.05, 0.1) is 12.3 Å². The number of hydrogen-bond donors (Lipinski definition) is 2. The molecule has 1 saturated carbocycles.